The Labute approximate surface area is 152 Å². The van der Waals surface area contributed by atoms with Crippen LogP contribution in [0.15, 0.2) is 73.2 Å². The van der Waals surface area contributed by atoms with E-state index in [4.69, 9.17) is 0 Å². The first-order valence-corrected chi connectivity index (χ1v) is 8.58. The van der Waals surface area contributed by atoms with E-state index in [0.29, 0.717) is 12.2 Å². The summed E-state index contributed by atoms with van der Waals surface area (Å²) in [7, 11) is 0. The number of carbonyl (C=O) groups excluding carboxylic acids is 1. The number of hydrogen-bond donors (Lipinski definition) is 0. The molecule has 0 aliphatic heterocycles. The summed E-state index contributed by atoms with van der Waals surface area (Å²) in [6.07, 6.45) is 5.82. The zero-order chi connectivity index (χ0) is 18.4. The molecule has 0 saturated heterocycles. The Hall–Kier alpha value is -3.08. The van der Waals surface area contributed by atoms with Gasteiger partial charge in [0.15, 0.2) is 0 Å². The standard InChI is InChI=1S/C21H20FN3O/c1-2-14-25(21(26)19-7-3-4-13-24-19)20(17-6-5-12-23-15-17)16-8-10-18(22)11-9-16/h3-13,15,20H,2,14H2,1H3/t20-/m0/s1. The number of hydrogen-bond acceptors (Lipinski definition) is 3. The van der Waals surface area contributed by atoms with Gasteiger partial charge in [-0.2, -0.15) is 0 Å². The molecule has 0 N–H and O–H groups in total. The van der Waals surface area contributed by atoms with Crippen molar-refractivity contribution < 1.29 is 9.18 Å². The van der Waals surface area contributed by atoms with Crippen LogP contribution in [0.3, 0.4) is 0 Å². The van der Waals surface area contributed by atoms with Gasteiger partial charge in [-0.25, -0.2) is 4.39 Å². The first-order valence-electron chi connectivity index (χ1n) is 8.58. The molecule has 2 heterocycles. The maximum atomic E-state index is 13.4. The summed E-state index contributed by atoms with van der Waals surface area (Å²) in [6, 6.07) is 14.9. The minimum atomic E-state index is -0.362. The number of amides is 1. The van der Waals surface area contributed by atoms with E-state index in [1.807, 2.05) is 19.1 Å². The fourth-order valence-electron chi connectivity index (χ4n) is 2.96. The Morgan fingerprint density at radius 2 is 1.85 bits per heavy atom. The van der Waals surface area contributed by atoms with Crippen molar-refractivity contribution in [2.24, 2.45) is 0 Å². The number of nitrogens with zero attached hydrogens (tertiary/aromatic N) is 3. The fraction of sp³-hybridized carbons (Fsp3) is 0.190. The Morgan fingerprint density at radius 1 is 1.04 bits per heavy atom. The lowest BCUT2D eigenvalue weighted by Crippen LogP contribution is -2.36. The zero-order valence-electron chi connectivity index (χ0n) is 14.5. The van der Waals surface area contributed by atoms with E-state index >= 15 is 0 Å². The van der Waals surface area contributed by atoms with Crippen molar-refractivity contribution in [3.8, 4) is 0 Å². The fourth-order valence-corrected chi connectivity index (χ4v) is 2.96. The topological polar surface area (TPSA) is 46.1 Å². The van der Waals surface area contributed by atoms with Gasteiger partial charge in [0, 0.05) is 25.1 Å². The monoisotopic (exact) mass is 349 g/mol. The average molecular weight is 349 g/mol. The molecule has 0 aliphatic rings. The summed E-state index contributed by atoms with van der Waals surface area (Å²) >= 11 is 0. The van der Waals surface area contributed by atoms with Crippen molar-refractivity contribution in [1.82, 2.24) is 14.9 Å². The number of aromatic nitrogens is 2. The number of rotatable bonds is 6. The van der Waals surface area contributed by atoms with Gasteiger partial charge in [0.05, 0.1) is 6.04 Å². The van der Waals surface area contributed by atoms with Crippen molar-refractivity contribution in [3.63, 3.8) is 0 Å². The van der Waals surface area contributed by atoms with Crippen LogP contribution in [0, 0.1) is 5.82 Å². The van der Waals surface area contributed by atoms with Crippen LogP contribution in [0.5, 0.6) is 0 Å². The van der Waals surface area contributed by atoms with Gasteiger partial charge in [-0.1, -0.05) is 31.2 Å². The van der Waals surface area contributed by atoms with Crippen molar-refractivity contribution in [3.05, 3.63) is 95.8 Å². The number of halogens is 1. The van der Waals surface area contributed by atoms with E-state index in [9.17, 15) is 9.18 Å². The second-order valence-corrected chi connectivity index (χ2v) is 5.95. The van der Waals surface area contributed by atoms with Gasteiger partial charge in [-0.15, -0.1) is 0 Å². The van der Waals surface area contributed by atoms with Crippen LogP contribution in [0.25, 0.3) is 0 Å². The first kappa shape index (κ1) is 17.7. The molecule has 0 saturated carbocycles. The van der Waals surface area contributed by atoms with Gasteiger partial charge in [-0.05, 0) is 47.9 Å². The second kappa shape index (κ2) is 8.34. The minimum Gasteiger partial charge on any atom is -0.326 e. The number of benzene rings is 1. The summed E-state index contributed by atoms with van der Waals surface area (Å²) in [4.78, 5) is 23.3. The van der Waals surface area contributed by atoms with E-state index in [0.717, 1.165) is 17.5 Å². The third kappa shape index (κ3) is 3.94. The molecule has 0 aliphatic carbocycles. The molecular formula is C21H20FN3O. The highest BCUT2D eigenvalue weighted by molar-refractivity contribution is 5.92. The normalized spacial score (nSPS) is 11.8. The smallest absolute Gasteiger partial charge is 0.273 e. The maximum absolute atomic E-state index is 13.4. The van der Waals surface area contributed by atoms with E-state index in [2.05, 4.69) is 9.97 Å². The molecule has 5 heteroatoms. The number of carbonyl (C=O) groups is 1. The molecule has 0 radical (unpaired) electrons. The predicted octanol–water partition coefficient (Wildman–Crippen LogP) is 4.26. The van der Waals surface area contributed by atoms with E-state index in [-0.39, 0.29) is 17.8 Å². The minimum absolute atomic E-state index is 0.161. The lowest BCUT2D eigenvalue weighted by atomic mass is 9.97. The molecule has 0 fully saturated rings. The van der Waals surface area contributed by atoms with Crippen LogP contribution in [-0.2, 0) is 0 Å². The van der Waals surface area contributed by atoms with Gasteiger partial charge >= 0.3 is 0 Å². The molecule has 0 spiro atoms. The van der Waals surface area contributed by atoms with E-state index < -0.39 is 0 Å². The highest BCUT2D eigenvalue weighted by Gasteiger charge is 2.28. The van der Waals surface area contributed by atoms with E-state index in [1.54, 1.807) is 53.8 Å². The predicted molar refractivity (Wildman–Crippen MR) is 98.0 cm³/mol. The lowest BCUT2D eigenvalue weighted by molar-refractivity contribution is 0.0700. The van der Waals surface area contributed by atoms with Crippen molar-refractivity contribution in [1.29, 1.82) is 0 Å². The molecule has 3 aromatic rings. The van der Waals surface area contributed by atoms with E-state index in [1.165, 1.54) is 12.1 Å². The molecule has 1 aromatic carbocycles. The van der Waals surface area contributed by atoms with Gasteiger partial charge in [0.2, 0.25) is 0 Å². The Morgan fingerprint density at radius 3 is 2.46 bits per heavy atom. The van der Waals surface area contributed by atoms with Crippen LogP contribution < -0.4 is 0 Å². The molecular weight excluding hydrogens is 329 g/mol. The molecule has 1 amide bonds. The molecule has 1 atom stereocenters. The highest BCUT2D eigenvalue weighted by Crippen LogP contribution is 2.29. The maximum Gasteiger partial charge on any atom is 0.273 e. The molecule has 132 valence electrons. The molecule has 3 rings (SSSR count). The quantitative estimate of drug-likeness (QED) is 0.668. The Kier molecular flexibility index (Phi) is 5.69. The zero-order valence-corrected chi connectivity index (χ0v) is 14.5. The SMILES string of the molecule is CCCN(C(=O)c1ccccn1)[C@@H](c1ccc(F)cc1)c1cccnc1. The summed E-state index contributed by atoms with van der Waals surface area (Å²) in [5.41, 5.74) is 2.09. The summed E-state index contributed by atoms with van der Waals surface area (Å²) in [5, 5.41) is 0. The summed E-state index contributed by atoms with van der Waals surface area (Å²) < 4.78 is 13.4. The molecule has 0 unspecified atom stereocenters. The van der Waals surface area contributed by atoms with Gasteiger partial charge in [0.25, 0.3) is 5.91 Å². The van der Waals surface area contributed by atoms with Crippen LogP contribution in [-0.4, -0.2) is 27.3 Å². The molecule has 0 bridgehead atoms. The molecule has 2 aromatic heterocycles. The first-order chi connectivity index (χ1) is 12.7. The summed E-state index contributed by atoms with van der Waals surface area (Å²) in [5.74, 6) is -0.470. The Bertz CT molecular complexity index is 838. The average Bonchev–Trinajstić information content (AvgIpc) is 2.70. The largest absolute Gasteiger partial charge is 0.326 e. The second-order valence-electron chi connectivity index (χ2n) is 5.95. The van der Waals surface area contributed by atoms with Crippen molar-refractivity contribution >= 4 is 5.91 Å². The van der Waals surface area contributed by atoms with Gasteiger partial charge in [-0.3, -0.25) is 14.8 Å². The van der Waals surface area contributed by atoms with Gasteiger partial charge in [0.1, 0.15) is 11.5 Å². The molecule has 4 nitrogen and oxygen atoms in total. The van der Waals surface area contributed by atoms with Crippen LogP contribution in [0.1, 0.15) is 41.0 Å². The van der Waals surface area contributed by atoms with Crippen LogP contribution >= 0.6 is 0 Å². The summed E-state index contributed by atoms with van der Waals surface area (Å²) in [6.45, 7) is 2.57. The van der Waals surface area contributed by atoms with Crippen LogP contribution in [0.4, 0.5) is 4.39 Å². The third-order valence-corrected chi connectivity index (χ3v) is 4.11. The molecule has 26 heavy (non-hydrogen) atoms. The highest BCUT2D eigenvalue weighted by atomic mass is 19.1. The van der Waals surface area contributed by atoms with Crippen LogP contribution in [0.2, 0.25) is 0 Å². The lowest BCUT2D eigenvalue weighted by Gasteiger charge is -2.32. The van der Waals surface area contributed by atoms with Crippen molar-refractivity contribution in [2.75, 3.05) is 6.54 Å². The Balaban J connectivity index is 2.07. The van der Waals surface area contributed by atoms with Gasteiger partial charge < -0.3 is 4.90 Å². The third-order valence-electron chi connectivity index (χ3n) is 4.11. The number of pyridine rings is 2. The van der Waals surface area contributed by atoms with Crippen molar-refractivity contribution in [2.45, 2.75) is 19.4 Å².